The van der Waals surface area contributed by atoms with Crippen LogP contribution < -0.4 is 5.32 Å². The molecule has 3 heterocycles. The first-order valence-electron chi connectivity index (χ1n) is 6.71. The number of rotatable bonds is 1. The van der Waals surface area contributed by atoms with Gasteiger partial charge in [-0.3, -0.25) is 0 Å². The number of fused-ring (bicyclic) bond motifs is 1. The van der Waals surface area contributed by atoms with Crippen LogP contribution in [0.25, 0.3) is 0 Å². The molecule has 0 radical (unpaired) electrons. The molecule has 94 valence electrons. The first-order chi connectivity index (χ1) is 8.25. The minimum atomic E-state index is 0.642. The van der Waals surface area contributed by atoms with Gasteiger partial charge in [0, 0.05) is 37.8 Å². The van der Waals surface area contributed by atoms with E-state index < -0.39 is 0 Å². The second kappa shape index (κ2) is 4.42. The van der Waals surface area contributed by atoms with Crippen molar-refractivity contribution in [3.63, 3.8) is 0 Å². The lowest BCUT2D eigenvalue weighted by Crippen LogP contribution is -2.35. The minimum absolute atomic E-state index is 0.642. The molecule has 17 heavy (non-hydrogen) atoms. The molecule has 0 spiro atoms. The predicted octanol–water partition coefficient (Wildman–Crippen LogP) is 1.10. The zero-order valence-corrected chi connectivity index (χ0v) is 10.9. The summed E-state index contributed by atoms with van der Waals surface area (Å²) in [5, 5.41) is 3.41. The predicted molar refractivity (Wildman–Crippen MR) is 68.1 cm³/mol. The van der Waals surface area contributed by atoms with Crippen LogP contribution in [0.3, 0.4) is 0 Å². The zero-order valence-electron chi connectivity index (χ0n) is 10.9. The van der Waals surface area contributed by atoms with E-state index >= 15 is 0 Å². The lowest BCUT2D eigenvalue weighted by Gasteiger charge is -2.32. The highest BCUT2D eigenvalue weighted by Crippen LogP contribution is 2.27. The topological polar surface area (TPSA) is 33.1 Å². The number of likely N-dealkylation sites (tertiary alicyclic amines) is 1. The molecule has 2 aliphatic heterocycles. The van der Waals surface area contributed by atoms with Crippen molar-refractivity contribution >= 4 is 0 Å². The van der Waals surface area contributed by atoms with Gasteiger partial charge >= 0.3 is 0 Å². The van der Waals surface area contributed by atoms with Crippen molar-refractivity contribution in [2.24, 2.45) is 0 Å². The van der Waals surface area contributed by atoms with E-state index in [1.165, 1.54) is 43.1 Å². The summed E-state index contributed by atoms with van der Waals surface area (Å²) in [4.78, 5) is 7.18. The van der Waals surface area contributed by atoms with E-state index in [-0.39, 0.29) is 0 Å². The van der Waals surface area contributed by atoms with Crippen molar-refractivity contribution in [1.29, 1.82) is 0 Å². The Kier molecular flexibility index (Phi) is 2.92. The maximum Gasteiger partial charge on any atom is 0.106 e. The smallest absolute Gasteiger partial charge is 0.106 e. The molecule has 0 amide bonds. The Morgan fingerprint density at radius 3 is 3.12 bits per heavy atom. The number of likely N-dealkylation sites (N-methyl/N-ethyl adjacent to an activating group) is 1. The van der Waals surface area contributed by atoms with Gasteiger partial charge in [0.05, 0.1) is 5.69 Å². The Morgan fingerprint density at radius 1 is 1.41 bits per heavy atom. The maximum atomic E-state index is 4.73. The lowest BCUT2D eigenvalue weighted by atomic mass is 10.0. The summed E-state index contributed by atoms with van der Waals surface area (Å²) in [5.74, 6) is 1.21. The molecule has 0 bridgehead atoms. The van der Waals surface area contributed by atoms with E-state index in [1.54, 1.807) is 0 Å². The molecule has 3 rings (SSSR count). The van der Waals surface area contributed by atoms with E-state index in [2.05, 4.69) is 28.8 Å². The molecule has 2 aliphatic rings. The van der Waals surface area contributed by atoms with Crippen molar-refractivity contribution in [1.82, 2.24) is 19.8 Å². The molecule has 1 atom stereocenters. The Labute approximate surface area is 103 Å². The largest absolute Gasteiger partial charge is 0.328 e. The Morgan fingerprint density at radius 2 is 2.29 bits per heavy atom. The first-order valence-corrected chi connectivity index (χ1v) is 6.71. The van der Waals surface area contributed by atoms with E-state index in [9.17, 15) is 0 Å². The van der Waals surface area contributed by atoms with Gasteiger partial charge in [-0.25, -0.2) is 4.98 Å². The van der Waals surface area contributed by atoms with Gasteiger partial charge in [0.1, 0.15) is 5.82 Å². The van der Waals surface area contributed by atoms with Gasteiger partial charge in [-0.2, -0.15) is 0 Å². The molecule has 4 heteroatoms. The first kappa shape index (κ1) is 11.2. The fourth-order valence-electron chi connectivity index (χ4n) is 3.30. The van der Waals surface area contributed by atoms with Gasteiger partial charge in [-0.05, 0) is 33.4 Å². The molecule has 1 fully saturated rings. The zero-order chi connectivity index (χ0) is 11.8. The van der Waals surface area contributed by atoms with Crippen LogP contribution in [0.15, 0.2) is 0 Å². The van der Waals surface area contributed by atoms with Crippen molar-refractivity contribution in [2.45, 2.75) is 38.8 Å². The molecular weight excluding hydrogens is 212 g/mol. The number of nitrogens with zero attached hydrogens (tertiary/aromatic N) is 3. The summed E-state index contributed by atoms with van der Waals surface area (Å²) in [6, 6.07) is 0.642. The molecule has 1 N–H and O–H groups in total. The fraction of sp³-hybridized carbons (Fsp3) is 0.769. The van der Waals surface area contributed by atoms with E-state index in [0.717, 1.165) is 19.5 Å². The number of nitrogens with one attached hydrogen (secondary N) is 1. The average molecular weight is 234 g/mol. The molecule has 1 aromatic heterocycles. The van der Waals surface area contributed by atoms with E-state index in [1.807, 2.05) is 0 Å². The molecule has 1 aromatic rings. The minimum Gasteiger partial charge on any atom is -0.328 e. The summed E-state index contributed by atoms with van der Waals surface area (Å²) in [6.45, 7) is 6.63. The summed E-state index contributed by atoms with van der Waals surface area (Å²) in [5.41, 5.74) is 2.77. The number of piperidine rings is 1. The van der Waals surface area contributed by atoms with Crippen LogP contribution in [-0.2, 0) is 13.0 Å². The normalized spacial score (nSPS) is 25.9. The van der Waals surface area contributed by atoms with Gasteiger partial charge in [-0.1, -0.05) is 0 Å². The van der Waals surface area contributed by atoms with Gasteiger partial charge in [-0.15, -0.1) is 0 Å². The van der Waals surface area contributed by atoms with Crippen molar-refractivity contribution in [2.75, 3.05) is 26.7 Å². The third-order valence-electron chi connectivity index (χ3n) is 4.07. The van der Waals surface area contributed by atoms with Crippen LogP contribution >= 0.6 is 0 Å². The Hall–Kier alpha value is -0.870. The summed E-state index contributed by atoms with van der Waals surface area (Å²) in [7, 11) is 2.23. The Balaban J connectivity index is 1.93. The fourth-order valence-corrected chi connectivity index (χ4v) is 3.30. The number of hydrogen-bond acceptors (Lipinski definition) is 3. The van der Waals surface area contributed by atoms with Gasteiger partial charge in [0.25, 0.3) is 0 Å². The summed E-state index contributed by atoms with van der Waals surface area (Å²) in [6.07, 6.45) is 3.75. The van der Waals surface area contributed by atoms with Gasteiger partial charge in [0.15, 0.2) is 0 Å². The third kappa shape index (κ3) is 2.00. The van der Waals surface area contributed by atoms with Crippen molar-refractivity contribution in [3.8, 4) is 0 Å². The monoisotopic (exact) mass is 234 g/mol. The second-order valence-corrected chi connectivity index (χ2v) is 5.41. The summed E-state index contributed by atoms with van der Waals surface area (Å²) < 4.78 is 2.52. The van der Waals surface area contributed by atoms with Crippen LogP contribution in [0.2, 0.25) is 0 Å². The molecule has 1 saturated heterocycles. The highest BCUT2D eigenvalue weighted by atomic mass is 15.2. The van der Waals surface area contributed by atoms with Crippen LogP contribution in [0, 0.1) is 6.92 Å². The number of aromatic nitrogens is 2. The van der Waals surface area contributed by atoms with Crippen molar-refractivity contribution in [3.05, 3.63) is 17.2 Å². The third-order valence-corrected chi connectivity index (χ3v) is 4.07. The average Bonchev–Trinajstić information content (AvgIpc) is 2.64. The molecular formula is C13H22N4. The van der Waals surface area contributed by atoms with Gasteiger partial charge in [0.2, 0.25) is 0 Å². The van der Waals surface area contributed by atoms with Crippen LogP contribution in [-0.4, -0.2) is 41.1 Å². The molecule has 1 unspecified atom stereocenters. The second-order valence-electron chi connectivity index (χ2n) is 5.41. The lowest BCUT2D eigenvalue weighted by molar-refractivity contribution is 0.207. The molecule has 0 saturated carbocycles. The molecule has 4 nitrogen and oxygen atoms in total. The van der Waals surface area contributed by atoms with Crippen LogP contribution in [0.4, 0.5) is 0 Å². The Bertz CT molecular complexity index is 410. The summed E-state index contributed by atoms with van der Waals surface area (Å²) >= 11 is 0. The van der Waals surface area contributed by atoms with Gasteiger partial charge < -0.3 is 14.8 Å². The molecule has 0 aromatic carbocycles. The molecule has 0 aliphatic carbocycles. The van der Waals surface area contributed by atoms with E-state index in [0.29, 0.717) is 6.04 Å². The van der Waals surface area contributed by atoms with E-state index in [4.69, 9.17) is 4.98 Å². The van der Waals surface area contributed by atoms with Crippen molar-refractivity contribution < 1.29 is 0 Å². The number of aryl methyl sites for hydroxylation is 1. The highest BCUT2D eigenvalue weighted by molar-refractivity contribution is 5.21. The quantitative estimate of drug-likeness (QED) is 0.790. The van der Waals surface area contributed by atoms with Crippen LogP contribution in [0.5, 0.6) is 0 Å². The highest BCUT2D eigenvalue weighted by Gasteiger charge is 2.25. The number of imidazole rings is 1. The maximum absolute atomic E-state index is 4.73. The van der Waals surface area contributed by atoms with Crippen LogP contribution in [0.1, 0.15) is 36.1 Å². The number of hydrogen-bond donors (Lipinski definition) is 1. The SMILES string of the molecule is Cc1nc2c(n1C1CCCN(C)C1)CCNC2. The standard InChI is InChI=1S/C13H22N4/c1-10-15-12-8-14-6-5-13(12)17(10)11-4-3-7-16(2)9-11/h11,14H,3-9H2,1-2H3.